The number of nitrogens with zero attached hydrogens (tertiary/aromatic N) is 4. The van der Waals surface area contributed by atoms with Crippen molar-refractivity contribution in [3.8, 4) is 22.8 Å². The Labute approximate surface area is 210 Å². The number of carbonyl (C=O) groups is 1. The number of aliphatic hydroxyl groups excluding tert-OH is 1. The van der Waals surface area contributed by atoms with Crippen LogP contribution in [-0.2, 0) is 6.54 Å². The Morgan fingerprint density at radius 3 is 2.25 bits per heavy atom. The van der Waals surface area contributed by atoms with Gasteiger partial charge >= 0.3 is 6.09 Å². The minimum absolute atomic E-state index is 0.00301. The molecule has 0 saturated carbocycles. The molecule has 0 aliphatic heterocycles. The molecule has 4 rings (SSSR count). The van der Waals surface area contributed by atoms with E-state index in [0.29, 0.717) is 23.8 Å². The van der Waals surface area contributed by atoms with E-state index >= 15 is 0 Å². The minimum Gasteiger partial charge on any atom is -0.508 e. The summed E-state index contributed by atoms with van der Waals surface area (Å²) in [5.74, 6) is 0.813. The molecule has 1 amide bonds. The first-order chi connectivity index (χ1) is 17.4. The molecule has 2 N–H and O–H groups in total. The van der Waals surface area contributed by atoms with E-state index in [0.717, 1.165) is 11.1 Å². The number of hydrogen-bond acceptors (Lipinski definition) is 7. The molecule has 4 aromatic rings. The van der Waals surface area contributed by atoms with Crippen molar-refractivity contribution in [3.05, 3.63) is 102 Å². The molecule has 0 aliphatic carbocycles. The molecule has 1 atom stereocenters. The lowest BCUT2D eigenvalue weighted by Crippen LogP contribution is -2.33. The number of amides is 1. The van der Waals surface area contributed by atoms with Gasteiger partial charge in [0.1, 0.15) is 11.4 Å². The summed E-state index contributed by atoms with van der Waals surface area (Å²) in [6.45, 7) is 0.620. The monoisotopic (exact) mass is 484 g/mol. The van der Waals surface area contributed by atoms with Gasteiger partial charge in [-0.3, -0.25) is 0 Å². The lowest BCUT2D eigenvalue weighted by molar-refractivity contribution is 0.112. The number of hydrogen-bond donors (Lipinski definition) is 2. The Bertz CT molecular complexity index is 1280. The zero-order chi connectivity index (χ0) is 25.5. The molecule has 0 spiro atoms. The van der Waals surface area contributed by atoms with Gasteiger partial charge < -0.3 is 24.7 Å². The zero-order valence-corrected chi connectivity index (χ0v) is 20.2. The number of likely N-dealkylation sites (N-methyl/N-ethyl adjacent to an activating group) is 1. The standard InChI is InChI=1S/C28H28N4O4/c1-31(18-20-9-5-3-6-10-20)27-29-17-25(26(30-27)22-11-7-4-8-12-22)36-28(35)32(2)19-24(34)21-13-15-23(33)16-14-21/h3-17,24,33-34H,18-19H2,1-2H3. The molecule has 0 fully saturated rings. The maximum absolute atomic E-state index is 12.9. The van der Waals surface area contributed by atoms with Crippen molar-refractivity contribution in [1.29, 1.82) is 0 Å². The molecule has 1 aromatic heterocycles. The molecule has 36 heavy (non-hydrogen) atoms. The number of phenolic OH excluding ortho intramolecular Hbond substituents is 1. The van der Waals surface area contributed by atoms with Gasteiger partial charge in [0, 0.05) is 26.2 Å². The van der Waals surface area contributed by atoms with E-state index in [1.807, 2.05) is 72.6 Å². The summed E-state index contributed by atoms with van der Waals surface area (Å²) in [6.07, 6.45) is -0.102. The Hall–Kier alpha value is -4.43. The van der Waals surface area contributed by atoms with Crippen LogP contribution in [0, 0.1) is 0 Å². The topological polar surface area (TPSA) is 99.0 Å². The van der Waals surface area contributed by atoms with Gasteiger partial charge in [-0.25, -0.2) is 14.8 Å². The van der Waals surface area contributed by atoms with Crippen molar-refractivity contribution in [2.75, 3.05) is 25.5 Å². The fourth-order valence-electron chi connectivity index (χ4n) is 3.66. The summed E-state index contributed by atoms with van der Waals surface area (Å²) in [7, 11) is 3.44. The number of rotatable bonds is 8. The average molecular weight is 485 g/mol. The van der Waals surface area contributed by atoms with Gasteiger partial charge in [-0.05, 0) is 23.3 Å². The summed E-state index contributed by atoms with van der Waals surface area (Å²) in [6, 6.07) is 25.6. The van der Waals surface area contributed by atoms with Crippen LogP contribution in [0.2, 0.25) is 0 Å². The highest BCUT2D eigenvalue weighted by atomic mass is 16.6. The van der Waals surface area contributed by atoms with Gasteiger partial charge in [-0.15, -0.1) is 0 Å². The molecular formula is C28H28N4O4. The van der Waals surface area contributed by atoms with E-state index < -0.39 is 12.2 Å². The van der Waals surface area contributed by atoms with E-state index in [2.05, 4.69) is 4.98 Å². The van der Waals surface area contributed by atoms with Gasteiger partial charge in [0.15, 0.2) is 5.75 Å². The Morgan fingerprint density at radius 1 is 0.944 bits per heavy atom. The first kappa shape index (κ1) is 24.7. The molecule has 1 unspecified atom stereocenters. The lowest BCUT2D eigenvalue weighted by Gasteiger charge is -2.22. The van der Waals surface area contributed by atoms with E-state index in [4.69, 9.17) is 9.72 Å². The van der Waals surface area contributed by atoms with Gasteiger partial charge in [0.25, 0.3) is 0 Å². The van der Waals surface area contributed by atoms with Crippen LogP contribution < -0.4 is 9.64 Å². The second kappa shape index (κ2) is 11.3. The quantitative estimate of drug-likeness (QED) is 0.376. The van der Waals surface area contributed by atoms with Crippen molar-refractivity contribution in [1.82, 2.24) is 14.9 Å². The minimum atomic E-state index is -0.943. The van der Waals surface area contributed by atoms with Crippen molar-refractivity contribution in [2.45, 2.75) is 12.6 Å². The van der Waals surface area contributed by atoms with E-state index in [9.17, 15) is 15.0 Å². The van der Waals surface area contributed by atoms with Crippen LogP contribution in [0.3, 0.4) is 0 Å². The summed E-state index contributed by atoms with van der Waals surface area (Å²) < 4.78 is 5.66. The molecule has 1 heterocycles. The lowest BCUT2D eigenvalue weighted by atomic mass is 10.1. The zero-order valence-electron chi connectivity index (χ0n) is 20.2. The first-order valence-corrected chi connectivity index (χ1v) is 11.5. The highest BCUT2D eigenvalue weighted by molar-refractivity contribution is 5.75. The average Bonchev–Trinajstić information content (AvgIpc) is 2.90. The number of carbonyl (C=O) groups excluding carboxylic acids is 1. The molecule has 8 nitrogen and oxygen atoms in total. The third kappa shape index (κ3) is 6.17. The van der Waals surface area contributed by atoms with Crippen LogP contribution in [0.5, 0.6) is 11.5 Å². The van der Waals surface area contributed by atoms with Gasteiger partial charge in [-0.1, -0.05) is 72.8 Å². The molecule has 0 radical (unpaired) electrons. The predicted octanol–water partition coefficient (Wildman–Crippen LogP) is 4.65. The summed E-state index contributed by atoms with van der Waals surface area (Å²) in [5.41, 5.74) is 2.96. The van der Waals surface area contributed by atoms with Crippen LogP contribution in [0.15, 0.2) is 91.1 Å². The van der Waals surface area contributed by atoms with Crippen LogP contribution in [0.1, 0.15) is 17.2 Å². The molecule has 3 aromatic carbocycles. The van der Waals surface area contributed by atoms with Crippen molar-refractivity contribution in [2.24, 2.45) is 0 Å². The van der Waals surface area contributed by atoms with Gasteiger partial charge in [0.05, 0.1) is 18.8 Å². The number of benzene rings is 3. The molecule has 0 saturated heterocycles. The number of aliphatic hydroxyl groups is 1. The Morgan fingerprint density at radius 2 is 1.58 bits per heavy atom. The number of anilines is 1. The van der Waals surface area contributed by atoms with Crippen molar-refractivity contribution in [3.63, 3.8) is 0 Å². The molecule has 8 heteroatoms. The normalized spacial score (nSPS) is 11.5. The Balaban J connectivity index is 1.53. The van der Waals surface area contributed by atoms with E-state index in [1.165, 1.54) is 30.3 Å². The summed E-state index contributed by atoms with van der Waals surface area (Å²) in [5, 5.41) is 19.9. The summed E-state index contributed by atoms with van der Waals surface area (Å²) >= 11 is 0. The number of aromatic hydroxyl groups is 1. The van der Waals surface area contributed by atoms with Crippen molar-refractivity contribution < 1.29 is 19.7 Å². The largest absolute Gasteiger partial charge is 0.508 e. The maximum atomic E-state index is 12.9. The van der Waals surface area contributed by atoms with Crippen LogP contribution in [-0.4, -0.2) is 51.8 Å². The number of ether oxygens (including phenoxy) is 1. The van der Waals surface area contributed by atoms with Crippen molar-refractivity contribution >= 4 is 12.0 Å². The SMILES string of the molecule is CN(CC(O)c1ccc(O)cc1)C(=O)Oc1cnc(N(C)Cc2ccccc2)nc1-c1ccccc1. The van der Waals surface area contributed by atoms with Crippen LogP contribution in [0.4, 0.5) is 10.7 Å². The van der Waals surface area contributed by atoms with Gasteiger partial charge in [0.2, 0.25) is 5.95 Å². The predicted molar refractivity (Wildman–Crippen MR) is 138 cm³/mol. The number of phenols is 1. The van der Waals surface area contributed by atoms with Crippen LogP contribution in [0.25, 0.3) is 11.3 Å². The molecule has 0 aliphatic rings. The second-order valence-electron chi connectivity index (χ2n) is 8.45. The smallest absolute Gasteiger partial charge is 0.415 e. The molecule has 0 bridgehead atoms. The summed E-state index contributed by atoms with van der Waals surface area (Å²) in [4.78, 5) is 25.2. The first-order valence-electron chi connectivity index (χ1n) is 11.5. The second-order valence-corrected chi connectivity index (χ2v) is 8.45. The Kier molecular flexibility index (Phi) is 7.77. The highest BCUT2D eigenvalue weighted by Gasteiger charge is 2.21. The number of aromatic nitrogens is 2. The third-order valence-corrected chi connectivity index (χ3v) is 5.63. The highest BCUT2D eigenvalue weighted by Crippen LogP contribution is 2.30. The fourth-order valence-corrected chi connectivity index (χ4v) is 3.66. The van der Waals surface area contributed by atoms with E-state index in [1.54, 1.807) is 12.1 Å². The maximum Gasteiger partial charge on any atom is 0.415 e. The fraction of sp³-hybridized carbons (Fsp3) is 0.179. The van der Waals surface area contributed by atoms with Gasteiger partial charge in [-0.2, -0.15) is 0 Å². The van der Waals surface area contributed by atoms with Crippen LogP contribution >= 0.6 is 0 Å². The third-order valence-electron chi connectivity index (χ3n) is 5.63. The molecule has 184 valence electrons. The molecular weight excluding hydrogens is 456 g/mol. The van der Waals surface area contributed by atoms with E-state index in [-0.39, 0.29) is 18.0 Å².